The number of nitrogens with one attached hydrogen (secondary N) is 1. The van der Waals surface area contributed by atoms with Crippen LogP contribution in [0.5, 0.6) is 5.88 Å². The molecule has 0 saturated carbocycles. The molecule has 0 atom stereocenters. The molecule has 31 heavy (non-hydrogen) atoms. The van der Waals surface area contributed by atoms with E-state index in [1.165, 1.54) is 44.7 Å². The monoisotopic (exact) mass is 448 g/mol. The van der Waals surface area contributed by atoms with Crippen molar-refractivity contribution in [1.29, 1.82) is 0 Å². The van der Waals surface area contributed by atoms with E-state index in [0.29, 0.717) is 13.2 Å². The Hall–Kier alpha value is -3.17. The van der Waals surface area contributed by atoms with Crippen LogP contribution in [0.3, 0.4) is 0 Å². The summed E-state index contributed by atoms with van der Waals surface area (Å²) in [5.74, 6) is -1.65. The highest BCUT2D eigenvalue weighted by Crippen LogP contribution is 2.26. The molecule has 0 aliphatic carbocycles. The minimum Gasteiger partial charge on any atom is -0.473 e. The molecule has 1 amide bonds. The van der Waals surface area contributed by atoms with Gasteiger partial charge in [0, 0.05) is 19.0 Å². The van der Waals surface area contributed by atoms with Crippen LogP contribution in [0.1, 0.15) is 43.9 Å². The first-order chi connectivity index (χ1) is 14.9. The summed E-state index contributed by atoms with van der Waals surface area (Å²) in [6, 6.07) is 5.51. The zero-order valence-corrected chi connectivity index (χ0v) is 17.7. The Labute approximate surface area is 183 Å². The lowest BCUT2D eigenvalue weighted by Gasteiger charge is -2.23. The molecule has 1 N–H and O–H groups in total. The van der Waals surface area contributed by atoms with Crippen molar-refractivity contribution >= 4 is 35.1 Å². The molecule has 10 heteroatoms. The predicted octanol–water partition coefficient (Wildman–Crippen LogP) is 3.12. The minimum atomic E-state index is -0.678. The van der Waals surface area contributed by atoms with Gasteiger partial charge in [-0.2, -0.15) is 0 Å². The smallest absolute Gasteiger partial charge is 0.339 e. The quantitative estimate of drug-likeness (QED) is 0.670. The van der Waals surface area contributed by atoms with Crippen LogP contribution in [0.25, 0.3) is 0 Å². The Kier molecular flexibility index (Phi) is 7.43. The number of benzene rings is 1. The third-order valence-corrected chi connectivity index (χ3v) is 4.88. The maximum Gasteiger partial charge on any atom is 0.339 e. The number of methoxy groups -OCH3 is 2. The van der Waals surface area contributed by atoms with Crippen molar-refractivity contribution in [1.82, 2.24) is 4.98 Å². The highest BCUT2D eigenvalue weighted by Gasteiger charge is 2.21. The molecule has 1 saturated heterocycles. The number of anilines is 1. The van der Waals surface area contributed by atoms with E-state index in [2.05, 4.69) is 15.0 Å². The number of carbonyl (C=O) groups is 3. The number of aromatic nitrogens is 1. The van der Waals surface area contributed by atoms with Crippen LogP contribution in [-0.2, 0) is 14.2 Å². The van der Waals surface area contributed by atoms with E-state index < -0.39 is 17.8 Å². The fourth-order valence-corrected chi connectivity index (χ4v) is 3.17. The summed E-state index contributed by atoms with van der Waals surface area (Å²) in [5.41, 5.74) is 0.450. The van der Waals surface area contributed by atoms with Gasteiger partial charge in [-0.25, -0.2) is 14.6 Å². The first-order valence-electron chi connectivity index (χ1n) is 9.45. The number of nitrogens with zero attached hydrogens (tertiary/aromatic N) is 1. The molecule has 1 aliphatic heterocycles. The Bertz CT molecular complexity index is 990. The van der Waals surface area contributed by atoms with Gasteiger partial charge in [0.25, 0.3) is 5.91 Å². The number of carbonyl (C=O) groups excluding carboxylic acids is 3. The molecular formula is C21H21ClN2O7. The molecule has 0 bridgehead atoms. The van der Waals surface area contributed by atoms with Gasteiger partial charge in [-0.1, -0.05) is 11.6 Å². The predicted molar refractivity (Wildman–Crippen MR) is 111 cm³/mol. The molecule has 0 unspecified atom stereocenters. The van der Waals surface area contributed by atoms with Crippen molar-refractivity contribution in [3.8, 4) is 5.88 Å². The molecule has 0 radical (unpaired) electrons. The van der Waals surface area contributed by atoms with E-state index in [0.717, 1.165) is 12.8 Å². The van der Waals surface area contributed by atoms with Gasteiger partial charge in [0.15, 0.2) is 0 Å². The molecule has 2 heterocycles. The van der Waals surface area contributed by atoms with Crippen LogP contribution in [-0.4, -0.2) is 56.4 Å². The molecule has 2 aromatic rings. The first kappa shape index (κ1) is 22.5. The molecular weight excluding hydrogens is 428 g/mol. The molecule has 0 spiro atoms. The Morgan fingerprint density at radius 3 is 2.42 bits per heavy atom. The number of amides is 1. The number of hydrogen-bond donors (Lipinski definition) is 1. The molecule has 1 aromatic heterocycles. The Morgan fingerprint density at radius 2 is 1.77 bits per heavy atom. The average molecular weight is 449 g/mol. The largest absolute Gasteiger partial charge is 0.473 e. The summed E-state index contributed by atoms with van der Waals surface area (Å²) < 4.78 is 20.5. The van der Waals surface area contributed by atoms with Crippen molar-refractivity contribution < 1.29 is 33.3 Å². The summed E-state index contributed by atoms with van der Waals surface area (Å²) in [5, 5.41) is 2.76. The highest BCUT2D eigenvalue weighted by atomic mass is 35.5. The number of rotatable bonds is 6. The summed E-state index contributed by atoms with van der Waals surface area (Å²) >= 11 is 6.25. The normalized spacial score (nSPS) is 13.9. The van der Waals surface area contributed by atoms with Gasteiger partial charge in [0.1, 0.15) is 11.1 Å². The molecule has 164 valence electrons. The van der Waals surface area contributed by atoms with Crippen molar-refractivity contribution in [2.24, 2.45) is 0 Å². The standard InChI is InChI=1S/C21H21ClN2O7/c1-28-20(26)12-3-4-15(21(27)29-2)17(10-12)24-18(25)13-9-16(22)19(23-11-13)31-14-5-7-30-8-6-14/h3-4,9-11,14H,5-8H2,1-2H3,(H,24,25). The summed E-state index contributed by atoms with van der Waals surface area (Å²) in [6.07, 6.45) is 2.72. The number of halogens is 1. The molecule has 9 nitrogen and oxygen atoms in total. The summed E-state index contributed by atoms with van der Waals surface area (Å²) in [7, 11) is 2.44. The molecule has 1 aromatic carbocycles. The second-order valence-electron chi connectivity index (χ2n) is 6.64. The Morgan fingerprint density at radius 1 is 1.06 bits per heavy atom. The second kappa shape index (κ2) is 10.2. The van der Waals surface area contributed by atoms with E-state index in [4.69, 9.17) is 25.8 Å². The molecule has 3 rings (SSSR count). The van der Waals surface area contributed by atoms with E-state index in [1.807, 2.05) is 0 Å². The van der Waals surface area contributed by atoms with Gasteiger partial charge in [0.05, 0.1) is 49.8 Å². The SMILES string of the molecule is COC(=O)c1ccc(C(=O)OC)c(NC(=O)c2cnc(OC3CCOCC3)c(Cl)c2)c1. The molecule has 1 fully saturated rings. The van der Waals surface area contributed by atoms with E-state index in [1.54, 1.807) is 0 Å². The minimum absolute atomic E-state index is 0.0536. The maximum atomic E-state index is 12.7. The van der Waals surface area contributed by atoms with E-state index >= 15 is 0 Å². The maximum absolute atomic E-state index is 12.7. The van der Waals surface area contributed by atoms with E-state index in [9.17, 15) is 14.4 Å². The number of esters is 2. The zero-order valence-electron chi connectivity index (χ0n) is 17.0. The highest BCUT2D eigenvalue weighted by molar-refractivity contribution is 6.32. The van der Waals surface area contributed by atoms with Crippen molar-refractivity contribution in [2.75, 3.05) is 32.8 Å². The lowest BCUT2D eigenvalue weighted by molar-refractivity contribution is 0.0237. The average Bonchev–Trinajstić information content (AvgIpc) is 2.79. The summed E-state index contributed by atoms with van der Waals surface area (Å²) in [4.78, 5) is 40.8. The topological polar surface area (TPSA) is 113 Å². The van der Waals surface area contributed by atoms with Crippen molar-refractivity contribution in [3.05, 3.63) is 52.2 Å². The van der Waals surface area contributed by atoms with Crippen LogP contribution in [0, 0.1) is 0 Å². The van der Waals surface area contributed by atoms with Crippen LogP contribution in [0.4, 0.5) is 5.69 Å². The van der Waals surface area contributed by atoms with Gasteiger partial charge in [0.2, 0.25) is 5.88 Å². The lowest BCUT2D eigenvalue weighted by Crippen LogP contribution is -2.26. The fourth-order valence-electron chi connectivity index (χ4n) is 2.96. The van der Waals surface area contributed by atoms with Gasteiger partial charge in [-0.15, -0.1) is 0 Å². The number of hydrogen-bond acceptors (Lipinski definition) is 8. The van der Waals surface area contributed by atoms with Crippen LogP contribution in [0.15, 0.2) is 30.5 Å². The first-order valence-corrected chi connectivity index (χ1v) is 9.82. The van der Waals surface area contributed by atoms with Crippen molar-refractivity contribution in [2.45, 2.75) is 18.9 Å². The van der Waals surface area contributed by atoms with Gasteiger partial charge < -0.3 is 24.3 Å². The van der Waals surface area contributed by atoms with Crippen LogP contribution >= 0.6 is 11.6 Å². The van der Waals surface area contributed by atoms with E-state index in [-0.39, 0.29) is 39.4 Å². The third kappa shape index (κ3) is 5.50. The second-order valence-corrected chi connectivity index (χ2v) is 7.05. The van der Waals surface area contributed by atoms with Gasteiger partial charge >= 0.3 is 11.9 Å². The van der Waals surface area contributed by atoms with Crippen LogP contribution < -0.4 is 10.1 Å². The number of ether oxygens (including phenoxy) is 4. The zero-order chi connectivity index (χ0) is 22.4. The fraction of sp³-hybridized carbons (Fsp3) is 0.333. The van der Waals surface area contributed by atoms with Gasteiger partial charge in [-0.3, -0.25) is 4.79 Å². The Balaban J connectivity index is 1.80. The number of pyridine rings is 1. The third-order valence-electron chi connectivity index (χ3n) is 4.61. The summed E-state index contributed by atoms with van der Waals surface area (Å²) in [6.45, 7) is 1.21. The molecule has 1 aliphatic rings. The van der Waals surface area contributed by atoms with Gasteiger partial charge in [-0.05, 0) is 24.3 Å². The van der Waals surface area contributed by atoms with Crippen LogP contribution in [0.2, 0.25) is 5.02 Å². The lowest BCUT2D eigenvalue weighted by atomic mass is 10.1. The van der Waals surface area contributed by atoms with Crippen molar-refractivity contribution in [3.63, 3.8) is 0 Å².